The fraction of sp³-hybridized carbons (Fsp3) is 0.308. The fourth-order valence-corrected chi connectivity index (χ4v) is 1.63. The minimum Gasteiger partial charge on any atom is -0.486 e. The van der Waals surface area contributed by atoms with E-state index in [1.165, 1.54) is 12.1 Å². The summed E-state index contributed by atoms with van der Waals surface area (Å²) in [6.07, 6.45) is -0.566. The Labute approximate surface area is 109 Å². The molecule has 0 N–H and O–H groups in total. The van der Waals surface area contributed by atoms with Gasteiger partial charge in [-0.3, -0.25) is 14.4 Å². The van der Waals surface area contributed by atoms with Crippen LogP contribution < -0.4 is 9.47 Å². The number of benzene rings is 1. The third kappa shape index (κ3) is 2.90. The van der Waals surface area contributed by atoms with Gasteiger partial charge in [0.2, 0.25) is 11.6 Å². The number of carbonyl (C=O) groups is 3. The summed E-state index contributed by atoms with van der Waals surface area (Å²) < 4.78 is 15.0. The van der Waals surface area contributed by atoms with Crippen LogP contribution in [0.25, 0.3) is 0 Å². The SMILES string of the molecule is COC(=O)CC(=O)C(=O)c1ccc2c(c1)OCCO2. The minimum absolute atomic E-state index is 0.165. The van der Waals surface area contributed by atoms with Crippen LogP contribution in [0.3, 0.4) is 0 Å². The second-order valence-electron chi connectivity index (χ2n) is 3.86. The summed E-state index contributed by atoms with van der Waals surface area (Å²) in [4.78, 5) is 34.3. The maximum Gasteiger partial charge on any atom is 0.313 e. The molecule has 0 aliphatic carbocycles. The first-order chi connectivity index (χ1) is 9.11. The van der Waals surface area contributed by atoms with Gasteiger partial charge in [0.1, 0.15) is 19.6 Å². The number of ether oxygens (including phenoxy) is 3. The number of hydrogen-bond donors (Lipinski definition) is 0. The zero-order chi connectivity index (χ0) is 13.8. The van der Waals surface area contributed by atoms with Crippen molar-refractivity contribution in [2.75, 3.05) is 20.3 Å². The maximum absolute atomic E-state index is 11.8. The number of Topliss-reactive ketones (excluding diaryl/α,β-unsaturated/α-hetero) is 2. The molecule has 0 amide bonds. The molecule has 1 aromatic carbocycles. The number of esters is 1. The molecule has 0 radical (unpaired) electrons. The average molecular weight is 264 g/mol. The molecule has 0 aromatic heterocycles. The smallest absolute Gasteiger partial charge is 0.313 e. The summed E-state index contributed by atoms with van der Waals surface area (Å²) in [7, 11) is 1.16. The Balaban J connectivity index is 2.15. The van der Waals surface area contributed by atoms with Gasteiger partial charge in [-0.05, 0) is 18.2 Å². The summed E-state index contributed by atoms with van der Waals surface area (Å²) in [6, 6.07) is 4.46. The van der Waals surface area contributed by atoms with E-state index in [0.717, 1.165) is 7.11 Å². The molecule has 19 heavy (non-hydrogen) atoms. The van der Waals surface area contributed by atoms with Crippen molar-refractivity contribution in [1.82, 2.24) is 0 Å². The molecule has 0 saturated heterocycles. The highest BCUT2D eigenvalue weighted by atomic mass is 16.6. The molecule has 0 unspecified atom stereocenters. The first kappa shape index (κ1) is 13.1. The normalized spacial score (nSPS) is 12.7. The van der Waals surface area contributed by atoms with Crippen molar-refractivity contribution in [2.24, 2.45) is 0 Å². The van der Waals surface area contributed by atoms with Crippen molar-refractivity contribution in [2.45, 2.75) is 6.42 Å². The van der Waals surface area contributed by atoms with Gasteiger partial charge in [0.15, 0.2) is 11.5 Å². The van der Waals surface area contributed by atoms with Gasteiger partial charge in [-0.15, -0.1) is 0 Å². The lowest BCUT2D eigenvalue weighted by Gasteiger charge is -2.18. The summed E-state index contributed by atoms with van der Waals surface area (Å²) in [5.41, 5.74) is 0.165. The lowest BCUT2D eigenvalue weighted by Crippen LogP contribution is -2.20. The van der Waals surface area contributed by atoms with Crippen molar-refractivity contribution >= 4 is 17.5 Å². The van der Waals surface area contributed by atoms with E-state index in [4.69, 9.17) is 9.47 Å². The van der Waals surface area contributed by atoms with E-state index in [1.54, 1.807) is 6.07 Å². The van der Waals surface area contributed by atoms with Gasteiger partial charge in [0.05, 0.1) is 7.11 Å². The quantitative estimate of drug-likeness (QED) is 0.346. The summed E-state index contributed by atoms with van der Waals surface area (Å²) >= 11 is 0. The topological polar surface area (TPSA) is 78.9 Å². The van der Waals surface area contributed by atoms with Crippen LogP contribution in [-0.2, 0) is 14.3 Å². The van der Waals surface area contributed by atoms with Gasteiger partial charge in [0.25, 0.3) is 0 Å². The molecule has 0 spiro atoms. The van der Waals surface area contributed by atoms with Crippen LogP contribution in [0.15, 0.2) is 18.2 Å². The van der Waals surface area contributed by atoms with Crippen molar-refractivity contribution in [3.8, 4) is 11.5 Å². The summed E-state index contributed by atoms with van der Waals surface area (Å²) in [5.74, 6) is -1.35. The predicted octanol–water partition coefficient (Wildman–Crippen LogP) is 0.773. The molecule has 0 saturated carbocycles. The van der Waals surface area contributed by atoms with Gasteiger partial charge < -0.3 is 14.2 Å². The largest absolute Gasteiger partial charge is 0.486 e. The Bertz CT molecular complexity index is 534. The molecule has 100 valence electrons. The number of rotatable bonds is 4. The van der Waals surface area contributed by atoms with Crippen LogP contribution in [0, 0.1) is 0 Å². The van der Waals surface area contributed by atoms with Crippen LogP contribution in [0.1, 0.15) is 16.8 Å². The second-order valence-corrected chi connectivity index (χ2v) is 3.86. The zero-order valence-electron chi connectivity index (χ0n) is 10.3. The summed E-state index contributed by atoms with van der Waals surface area (Å²) in [6.45, 7) is 0.836. The van der Waals surface area contributed by atoms with Crippen molar-refractivity contribution in [3.63, 3.8) is 0 Å². The van der Waals surface area contributed by atoms with E-state index < -0.39 is 24.0 Å². The number of fused-ring (bicyclic) bond motifs is 1. The van der Waals surface area contributed by atoms with Gasteiger partial charge in [0, 0.05) is 5.56 Å². The molecule has 2 rings (SSSR count). The maximum atomic E-state index is 11.8. The van der Waals surface area contributed by atoms with E-state index in [9.17, 15) is 14.4 Å². The first-order valence-corrected chi connectivity index (χ1v) is 5.66. The number of ketones is 2. The van der Waals surface area contributed by atoms with Crippen molar-refractivity contribution in [3.05, 3.63) is 23.8 Å². The van der Waals surface area contributed by atoms with Gasteiger partial charge in [-0.2, -0.15) is 0 Å². The van der Waals surface area contributed by atoms with Crippen LogP contribution in [0.2, 0.25) is 0 Å². The highest BCUT2D eigenvalue weighted by Gasteiger charge is 2.22. The van der Waals surface area contributed by atoms with Crippen LogP contribution >= 0.6 is 0 Å². The molecule has 6 heteroatoms. The Morgan fingerprint density at radius 3 is 2.53 bits per heavy atom. The zero-order valence-corrected chi connectivity index (χ0v) is 10.3. The van der Waals surface area contributed by atoms with E-state index in [-0.39, 0.29) is 5.56 Å². The van der Waals surface area contributed by atoms with Crippen molar-refractivity contribution in [1.29, 1.82) is 0 Å². The van der Waals surface area contributed by atoms with E-state index in [0.29, 0.717) is 24.7 Å². The predicted molar refractivity (Wildman–Crippen MR) is 63.4 cm³/mol. The molecule has 0 fully saturated rings. The van der Waals surface area contributed by atoms with Crippen LogP contribution in [0.5, 0.6) is 11.5 Å². The highest BCUT2D eigenvalue weighted by Crippen LogP contribution is 2.30. The lowest BCUT2D eigenvalue weighted by molar-refractivity contribution is -0.142. The Kier molecular flexibility index (Phi) is 3.79. The van der Waals surface area contributed by atoms with E-state index in [2.05, 4.69) is 4.74 Å². The number of methoxy groups -OCH3 is 1. The van der Waals surface area contributed by atoms with E-state index in [1.807, 2.05) is 0 Å². The van der Waals surface area contributed by atoms with Crippen molar-refractivity contribution < 1.29 is 28.6 Å². The monoisotopic (exact) mass is 264 g/mol. The first-order valence-electron chi connectivity index (χ1n) is 5.66. The summed E-state index contributed by atoms with van der Waals surface area (Å²) in [5, 5.41) is 0. The van der Waals surface area contributed by atoms with Gasteiger partial charge >= 0.3 is 5.97 Å². The molecular formula is C13H12O6. The molecule has 1 aliphatic rings. The fourth-order valence-electron chi connectivity index (χ4n) is 1.63. The van der Waals surface area contributed by atoms with Crippen LogP contribution in [-0.4, -0.2) is 37.9 Å². The molecule has 6 nitrogen and oxygen atoms in total. The van der Waals surface area contributed by atoms with E-state index >= 15 is 0 Å². The molecule has 1 heterocycles. The van der Waals surface area contributed by atoms with Crippen LogP contribution in [0.4, 0.5) is 0 Å². The Morgan fingerprint density at radius 1 is 1.16 bits per heavy atom. The standard InChI is InChI=1S/C13H12O6/c1-17-12(15)7-9(14)13(16)8-2-3-10-11(6-8)19-5-4-18-10/h2-3,6H,4-5,7H2,1H3. The molecule has 1 aromatic rings. The lowest BCUT2D eigenvalue weighted by atomic mass is 10.0. The molecule has 0 atom stereocenters. The third-order valence-electron chi connectivity index (χ3n) is 2.59. The average Bonchev–Trinajstić information content (AvgIpc) is 2.45. The van der Waals surface area contributed by atoms with Gasteiger partial charge in [-0.25, -0.2) is 0 Å². The Morgan fingerprint density at radius 2 is 1.84 bits per heavy atom. The third-order valence-corrected chi connectivity index (χ3v) is 2.59. The second kappa shape index (κ2) is 5.51. The number of hydrogen-bond acceptors (Lipinski definition) is 6. The Hall–Kier alpha value is -2.37. The number of carbonyl (C=O) groups excluding carboxylic acids is 3. The molecular weight excluding hydrogens is 252 g/mol. The minimum atomic E-state index is -0.816. The molecule has 0 bridgehead atoms. The van der Waals surface area contributed by atoms with Gasteiger partial charge in [-0.1, -0.05) is 0 Å². The molecule has 1 aliphatic heterocycles. The highest BCUT2D eigenvalue weighted by molar-refractivity contribution is 6.45.